The summed E-state index contributed by atoms with van der Waals surface area (Å²) in [5.74, 6) is 0.0723. The van der Waals surface area contributed by atoms with E-state index in [1.54, 1.807) is 11.6 Å². The van der Waals surface area contributed by atoms with Gasteiger partial charge in [-0.3, -0.25) is 0 Å². The van der Waals surface area contributed by atoms with Gasteiger partial charge >= 0.3 is 0 Å². The first kappa shape index (κ1) is 13.2. The second-order valence-corrected chi connectivity index (χ2v) is 6.27. The lowest BCUT2D eigenvalue weighted by Gasteiger charge is -1.95. The molecule has 0 aliphatic rings. The van der Waals surface area contributed by atoms with Gasteiger partial charge in [0, 0.05) is 16.9 Å². The highest BCUT2D eigenvalue weighted by Gasteiger charge is 2.14. The molecule has 2 aromatic heterocycles. The van der Waals surface area contributed by atoms with E-state index >= 15 is 0 Å². The van der Waals surface area contributed by atoms with Gasteiger partial charge in [0.2, 0.25) is 5.88 Å². The Kier molecular flexibility index (Phi) is 3.27. The van der Waals surface area contributed by atoms with E-state index in [4.69, 9.17) is 0 Å². The number of halogens is 1. The fraction of sp³-hybridized carbons (Fsp3) is 0.167. The number of nitrogens with zero attached hydrogens (tertiary/aromatic N) is 5. The number of hydrogen-bond donors (Lipinski definition) is 1. The second kappa shape index (κ2) is 4.95. The Morgan fingerprint density at radius 1 is 1.30 bits per heavy atom. The SMILES string of the molecule is Cc1nnc(N=Nc2c(O)n(C)c3ccc(Br)cc23)s1. The maximum Gasteiger partial charge on any atom is 0.251 e. The Morgan fingerprint density at radius 3 is 2.80 bits per heavy atom. The zero-order chi connectivity index (χ0) is 14.3. The summed E-state index contributed by atoms with van der Waals surface area (Å²) in [4.78, 5) is 0. The number of aromatic hydroxyl groups is 1. The molecule has 0 saturated heterocycles. The quantitative estimate of drug-likeness (QED) is 0.702. The summed E-state index contributed by atoms with van der Waals surface area (Å²) < 4.78 is 2.58. The van der Waals surface area contributed by atoms with Gasteiger partial charge in [-0.1, -0.05) is 27.3 Å². The molecule has 6 nitrogen and oxygen atoms in total. The zero-order valence-electron chi connectivity index (χ0n) is 10.7. The van der Waals surface area contributed by atoms with Crippen molar-refractivity contribution in [2.45, 2.75) is 6.92 Å². The average molecular weight is 352 g/mol. The fourth-order valence-corrected chi connectivity index (χ4v) is 2.77. The number of azo groups is 1. The van der Waals surface area contributed by atoms with E-state index in [1.807, 2.05) is 25.1 Å². The highest BCUT2D eigenvalue weighted by atomic mass is 79.9. The molecule has 8 heteroatoms. The van der Waals surface area contributed by atoms with E-state index in [2.05, 4.69) is 36.4 Å². The smallest absolute Gasteiger partial charge is 0.251 e. The summed E-state index contributed by atoms with van der Waals surface area (Å²) in [6.45, 7) is 1.85. The first-order valence-corrected chi connectivity index (χ1v) is 7.36. The van der Waals surface area contributed by atoms with E-state index in [1.165, 1.54) is 11.3 Å². The number of hydrogen-bond acceptors (Lipinski definition) is 6. The molecule has 2 heterocycles. The number of fused-ring (bicyclic) bond motifs is 1. The topological polar surface area (TPSA) is 75.7 Å². The largest absolute Gasteiger partial charge is 0.493 e. The molecule has 3 aromatic rings. The van der Waals surface area contributed by atoms with Crippen molar-refractivity contribution in [2.75, 3.05) is 0 Å². The highest BCUT2D eigenvalue weighted by Crippen LogP contribution is 2.39. The first-order chi connectivity index (χ1) is 9.56. The number of rotatable bonds is 2. The van der Waals surface area contributed by atoms with Crippen LogP contribution in [0.4, 0.5) is 10.8 Å². The molecule has 0 bridgehead atoms. The summed E-state index contributed by atoms with van der Waals surface area (Å²) in [5.41, 5.74) is 1.31. The molecule has 0 aliphatic carbocycles. The van der Waals surface area contributed by atoms with E-state index in [0.717, 1.165) is 20.4 Å². The van der Waals surface area contributed by atoms with Gasteiger partial charge in [-0.15, -0.1) is 20.4 Å². The minimum atomic E-state index is 0.0723. The number of aryl methyl sites for hydroxylation is 2. The minimum absolute atomic E-state index is 0.0723. The van der Waals surface area contributed by atoms with Gasteiger partial charge in [0.25, 0.3) is 5.13 Å². The minimum Gasteiger partial charge on any atom is -0.493 e. The molecule has 0 atom stereocenters. The van der Waals surface area contributed by atoms with Gasteiger partial charge in [-0.2, -0.15) is 0 Å². The van der Waals surface area contributed by atoms with Gasteiger partial charge in [0.15, 0.2) is 5.69 Å². The van der Waals surface area contributed by atoms with Crippen LogP contribution in [0.15, 0.2) is 32.9 Å². The third kappa shape index (κ3) is 2.20. The maximum absolute atomic E-state index is 10.2. The summed E-state index contributed by atoms with van der Waals surface area (Å²) in [6, 6.07) is 5.72. The van der Waals surface area contributed by atoms with Crippen LogP contribution in [0, 0.1) is 6.92 Å². The lowest BCUT2D eigenvalue weighted by atomic mass is 10.2. The monoisotopic (exact) mass is 351 g/mol. The van der Waals surface area contributed by atoms with Crippen LogP contribution in [0.25, 0.3) is 10.9 Å². The van der Waals surface area contributed by atoms with Crippen LogP contribution in [0.2, 0.25) is 0 Å². The van der Waals surface area contributed by atoms with Crippen LogP contribution in [0.1, 0.15) is 5.01 Å². The van der Waals surface area contributed by atoms with Crippen LogP contribution in [0.3, 0.4) is 0 Å². The number of benzene rings is 1. The first-order valence-electron chi connectivity index (χ1n) is 5.75. The summed E-state index contributed by atoms with van der Waals surface area (Å²) in [5, 5.41) is 28.2. The molecule has 0 unspecified atom stereocenters. The molecule has 0 radical (unpaired) electrons. The van der Waals surface area contributed by atoms with Crippen molar-refractivity contribution >= 4 is 49.0 Å². The molecule has 20 heavy (non-hydrogen) atoms. The van der Waals surface area contributed by atoms with Crippen molar-refractivity contribution < 1.29 is 5.11 Å². The molecule has 0 saturated carbocycles. The van der Waals surface area contributed by atoms with Crippen LogP contribution < -0.4 is 0 Å². The maximum atomic E-state index is 10.2. The van der Waals surface area contributed by atoms with Gasteiger partial charge in [0.1, 0.15) is 5.01 Å². The third-order valence-electron chi connectivity index (χ3n) is 2.86. The molecule has 3 rings (SSSR count). The Labute approximate surface area is 126 Å². The van der Waals surface area contributed by atoms with Gasteiger partial charge in [-0.05, 0) is 25.1 Å². The predicted octanol–water partition coefficient (Wildman–Crippen LogP) is 4.22. The lowest BCUT2D eigenvalue weighted by Crippen LogP contribution is -1.84. The Hall–Kier alpha value is -1.80. The van der Waals surface area contributed by atoms with E-state index in [0.29, 0.717) is 10.8 Å². The second-order valence-electron chi connectivity index (χ2n) is 4.20. The molecule has 0 aliphatic heterocycles. The molecule has 102 valence electrons. The Morgan fingerprint density at radius 2 is 2.10 bits per heavy atom. The Balaban J connectivity index is 2.13. The third-order valence-corrected chi connectivity index (χ3v) is 4.07. The normalized spacial score (nSPS) is 11.8. The van der Waals surface area contributed by atoms with Crippen LogP contribution in [0.5, 0.6) is 5.88 Å². The van der Waals surface area contributed by atoms with Crippen molar-refractivity contribution in [2.24, 2.45) is 17.3 Å². The van der Waals surface area contributed by atoms with E-state index in [9.17, 15) is 5.11 Å². The summed E-state index contributed by atoms with van der Waals surface area (Å²) in [6.07, 6.45) is 0. The van der Waals surface area contributed by atoms with Crippen molar-refractivity contribution in [3.05, 3.63) is 27.7 Å². The van der Waals surface area contributed by atoms with Crippen LogP contribution in [-0.2, 0) is 7.05 Å². The van der Waals surface area contributed by atoms with Gasteiger partial charge in [-0.25, -0.2) is 0 Å². The van der Waals surface area contributed by atoms with Crippen LogP contribution >= 0.6 is 27.3 Å². The lowest BCUT2D eigenvalue weighted by molar-refractivity contribution is 0.436. The molecular formula is C12H10BrN5OS. The van der Waals surface area contributed by atoms with Crippen LogP contribution in [-0.4, -0.2) is 19.9 Å². The standard InChI is InChI=1S/C12H10BrN5OS/c1-6-14-16-12(20-6)17-15-10-8-5-7(13)3-4-9(8)18(2)11(10)19/h3-5,19H,1-2H3. The molecule has 0 spiro atoms. The van der Waals surface area contributed by atoms with Gasteiger partial charge in [0.05, 0.1) is 5.52 Å². The summed E-state index contributed by atoms with van der Waals surface area (Å²) in [7, 11) is 1.78. The fourth-order valence-electron chi connectivity index (χ4n) is 1.90. The van der Waals surface area contributed by atoms with E-state index in [-0.39, 0.29) is 5.88 Å². The van der Waals surface area contributed by atoms with Crippen molar-refractivity contribution in [1.82, 2.24) is 14.8 Å². The summed E-state index contributed by atoms with van der Waals surface area (Å²) >= 11 is 4.76. The Bertz CT molecular complexity index is 823. The molecule has 0 fully saturated rings. The van der Waals surface area contributed by atoms with Gasteiger partial charge < -0.3 is 9.67 Å². The molecular weight excluding hydrogens is 342 g/mol. The predicted molar refractivity (Wildman–Crippen MR) is 81.1 cm³/mol. The van der Waals surface area contributed by atoms with E-state index < -0.39 is 0 Å². The zero-order valence-corrected chi connectivity index (χ0v) is 13.1. The number of aromatic nitrogens is 3. The highest BCUT2D eigenvalue weighted by molar-refractivity contribution is 9.10. The van der Waals surface area contributed by atoms with Crippen molar-refractivity contribution in [3.63, 3.8) is 0 Å². The van der Waals surface area contributed by atoms with Crippen molar-refractivity contribution in [3.8, 4) is 5.88 Å². The molecule has 1 N–H and O–H groups in total. The molecule has 1 aromatic carbocycles. The van der Waals surface area contributed by atoms with Crippen molar-refractivity contribution in [1.29, 1.82) is 0 Å². The average Bonchev–Trinajstić information content (AvgIpc) is 2.92. The molecule has 0 amide bonds.